The topological polar surface area (TPSA) is 66.4 Å². The Bertz CT molecular complexity index is 757. The number of benzene rings is 2. The van der Waals surface area contributed by atoms with Gasteiger partial charge in [-0.1, -0.05) is 36.8 Å². The van der Waals surface area contributed by atoms with E-state index >= 15 is 0 Å². The summed E-state index contributed by atoms with van der Waals surface area (Å²) in [7, 11) is -3.50. The molecule has 2 atom stereocenters. The largest absolute Gasteiger partial charge is 0.393 e. The summed E-state index contributed by atoms with van der Waals surface area (Å²) in [6.45, 7) is 0.395. The van der Waals surface area contributed by atoms with Gasteiger partial charge in [-0.05, 0) is 48.1 Å². The summed E-state index contributed by atoms with van der Waals surface area (Å²) in [5, 5.41) is 11.6. The second-order valence-corrected chi connectivity index (χ2v) is 7.81. The number of sulfonamides is 1. The van der Waals surface area contributed by atoms with Gasteiger partial charge in [-0.2, -0.15) is 0 Å². The van der Waals surface area contributed by atoms with Gasteiger partial charge < -0.3 is 5.11 Å². The van der Waals surface area contributed by atoms with Crippen molar-refractivity contribution in [1.82, 2.24) is 4.72 Å². The molecule has 2 N–H and O–H groups in total. The van der Waals surface area contributed by atoms with Gasteiger partial charge >= 0.3 is 0 Å². The first-order valence-electron chi connectivity index (χ1n) is 7.71. The fraction of sp³-hybridized carbons (Fsp3) is 0.412. The number of fused-ring (bicyclic) bond motifs is 1. The molecule has 5 heteroatoms. The van der Waals surface area contributed by atoms with E-state index in [0.29, 0.717) is 17.9 Å². The first-order valence-corrected chi connectivity index (χ1v) is 9.19. The van der Waals surface area contributed by atoms with Gasteiger partial charge in [0.05, 0.1) is 11.0 Å². The zero-order valence-corrected chi connectivity index (χ0v) is 13.2. The van der Waals surface area contributed by atoms with Gasteiger partial charge in [0, 0.05) is 6.54 Å². The highest BCUT2D eigenvalue weighted by Crippen LogP contribution is 2.24. The molecule has 2 aromatic rings. The lowest BCUT2D eigenvalue weighted by molar-refractivity contribution is 0.102. The van der Waals surface area contributed by atoms with E-state index in [4.69, 9.17) is 0 Å². The molecule has 1 aliphatic carbocycles. The smallest absolute Gasteiger partial charge is 0.240 e. The van der Waals surface area contributed by atoms with Crippen molar-refractivity contribution in [3.05, 3.63) is 42.5 Å². The Morgan fingerprint density at radius 2 is 1.86 bits per heavy atom. The second kappa shape index (κ2) is 6.36. The van der Waals surface area contributed by atoms with Crippen molar-refractivity contribution < 1.29 is 13.5 Å². The zero-order valence-electron chi connectivity index (χ0n) is 12.4. The van der Waals surface area contributed by atoms with E-state index in [1.54, 1.807) is 12.1 Å². The minimum Gasteiger partial charge on any atom is -0.393 e. The van der Waals surface area contributed by atoms with Gasteiger partial charge in [-0.25, -0.2) is 13.1 Å². The molecule has 0 saturated heterocycles. The molecule has 2 aromatic carbocycles. The lowest BCUT2D eigenvalue weighted by Crippen LogP contribution is -2.33. The molecule has 1 aliphatic rings. The van der Waals surface area contributed by atoms with E-state index in [-0.39, 0.29) is 12.0 Å². The molecule has 0 aliphatic heterocycles. The van der Waals surface area contributed by atoms with E-state index in [1.165, 1.54) is 0 Å². The minimum absolute atomic E-state index is 0.221. The molecular weight excluding hydrogens is 298 g/mol. The van der Waals surface area contributed by atoms with Crippen LogP contribution < -0.4 is 4.72 Å². The van der Waals surface area contributed by atoms with Crippen LogP contribution in [0.15, 0.2) is 47.4 Å². The van der Waals surface area contributed by atoms with Gasteiger partial charge in [0.15, 0.2) is 0 Å². The number of rotatable bonds is 4. The molecule has 2 unspecified atom stereocenters. The van der Waals surface area contributed by atoms with Crippen molar-refractivity contribution in [1.29, 1.82) is 0 Å². The molecule has 0 spiro atoms. The van der Waals surface area contributed by atoms with E-state index in [0.717, 1.165) is 30.0 Å². The van der Waals surface area contributed by atoms with Crippen LogP contribution in [0.1, 0.15) is 25.7 Å². The van der Waals surface area contributed by atoms with Gasteiger partial charge in [0.25, 0.3) is 0 Å². The van der Waals surface area contributed by atoms with Crippen LogP contribution in [0.4, 0.5) is 0 Å². The maximum absolute atomic E-state index is 12.4. The Labute approximate surface area is 131 Å². The Morgan fingerprint density at radius 1 is 1.09 bits per heavy atom. The molecule has 0 radical (unpaired) electrons. The first-order chi connectivity index (χ1) is 10.5. The molecule has 0 aromatic heterocycles. The highest BCUT2D eigenvalue weighted by atomic mass is 32.2. The van der Waals surface area contributed by atoms with Crippen molar-refractivity contribution in [2.24, 2.45) is 5.92 Å². The standard InChI is InChI=1S/C17H21NO3S/c19-16-7-3-4-13(10-16)12-18-22(20,21)17-9-8-14-5-1-2-6-15(14)11-17/h1-2,5-6,8-9,11,13,16,18-19H,3-4,7,10,12H2. The number of aliphatic hydroxyl groups excluding tert-OH is 1. The fourth-order valence-corrected chi connectivity index (χ4v) is 4.24. The Kier molecular flexibility index (Phi) is 4.47. The molecule has 3 rings (SSSR count). The van der Waals surface area contributed by atoms with Gasteiger partial charge in [0.1, 0.15) is 0 Å². The van der Waals surface area contributed by atoms with E-state index < -0.39 is 10.0 Å². The quantitative estimate of drug-likeness (QED) is 0.910. The lowest BCUT2D eigenvalue weighted by Gasteiger charge is -2.25. The van der Waals surface area contributed by atoms with Crippen molar-refractivity contribution in [3.63, 3.8) is 0 Å². The van der Waals surface area contributed by atoms with Crippen molar-refractivity contribution in [2.45, 2.75) is 36.7 Å². The number of hydrogen-bond donors (Lipinski definition) is 2. The maximum atomic E-state index is 12.4. The Hall–Kier alpha value is -1.43. The van der Waals surface area contributed by atoms with E-state index in [9.17, 15) is 13.5 Å². The molecule has 4 nitrogen and oxygen atoms in total. The van der Waals surface area contributed by atoms with Crippen LogP contribution in [0.25, 0.3) is 10.8 Å². The van der Waals surface area contributed by atoms with Gasteiger partial charge in [-0.3, -0.25) is 0 Å². The molecule has 118 valence electrons. The van der Waals surface area contributed by atoms with Crippen LogP contribution in [0, 0.1) is 5.92 Å². The molecule has 1 saturated carbocycles. The normalized spacial score (nSPS) is 22.8. The predicted octanol–water partition coefficient (Wildman–Crippen LogP) is 2.67. The number of hydrogen-bond acceptors (Lipinski definition) is 3. The number of aliphatic hydroxyl groups is 1. The Morgan fingerprint density at radius 3 is 2.64 bits per heavy atom. The zero-order chi connectivity index (χ0) is 15.6. The van der Waals surface area contributed by atoms with Gasteiger partial charge in [0.2, 0.25) is 10.0 Å². The summed E-state index contributed by atoms with van der Waals surface area (Å²) < 4.78 is 27.5. The third-order valence-electron chi connectivity index (χ3n) is 4.35. The summed E-state index contributed by atoms with van der Waals surface area (Å²) in [5.74, 6) is 0.221. The average Bonchev–Trinajstić information content (AvgIpc) is 2.53. The van der Waals surface area contributed by atoms with Crippen LogP contribution >= 0.6 is 0 Å². The van der Waals surface area contributed by atoms with Crippen LogP contribution in [-0.4, -0.2) is 26.2 Å². The molecule has 0 heterocycles. The molecular formula is C17H21NO3S. The molecule has 0 bridgehead atoms. The van der Waals surface area contributed by atoms with Crippen molar-refractivity contribution in [2.75, 3.05) is 6.54 Å². The molecule has 22 heavy (non-hydrogen) atoms. The highest BCUT2D eigenvalue weighted by molar-refractivity contribution is 7.89. The summed E-state index contributed by atoms with van der Waals surface area (Å²) in [4.78, 5) is 0.294. The maximum Gasteiger partial charge on any atom is 0.240 e. The monoisotopic (exact) mass is 319 g/mol. The highest BCUT2D eigenvalue weighted by Gasteiger charge is 2.22. The van der Waals surface area contributed by atoms with E-state index in [1.807, 2.05) is 30.3 Å². The Balaban J connectivity index is 1.73. The minimum atomic E-state index is -3.50. The van der Waals surface area contributed by atoms with Crippen LogP contribution in [0.3, 0.4) is 0 Å². The van der Waals surface area contributed by atoms with E-state index in [2.05, 4.69) is 4.72 Å². The van der Waals surface area contributed by atoms with Gasteiger partial charge in [-0.15, -0.1) is 0 Å². The SMILES string of the molecule is O=S(=O)(NCC1CCCC(O)C1)c1ccc2ccccc2c1. The third kappa shape index (κ3) is 3.48. The fourth-order valence-electron chi connectivity index (χ4n) is 3.09. The summed E-state index contributed by atoms with van der Waals surface area (Å²) in [5.41, 5.74) is 0. The predicted molar refractivity (Wildman–Crippen MR) is 87.1 cm³/mol. The molecule has 1 fully saturated rings. The summed E-state index contributed by atoms with van der Waals surface area (Å²) in [6.07, 6.45) is 3.15. The average molecular weight is 319 g/mol. The van der Waals surface area contributed by atoms with Crippen LogP contribution in [0.5, 0.6) is 0 Å². The second-order valence-electron chi connectivity index (χ2n) is 6.05. The third-order valence-corrected chi connectivity index (χ3v) is 5.77. The van der Waals surface area contributed by atoms with Crippen molar-refractivity contribution >= 4 is 20.8 Å². The molecule has 0 amide bonds. The van der Waals surface area contributed by atoms with Crippen molar-refractivity contribution in [3.8, 4) is 0 Å². The summed E-state index contributed by atoms with van der Waals surface area (Å²) >= 11 is 0. The first kappa shape index (κ1) is 15.5. The van der Waals surface area contributed by atoms with Crippen LogP contribution in [-0.2, 0) is 10.0 Å². The summed E-state index contributed by atoms with van der Waals surface area (Å²) in [6, 6.07) is 12.9. The lowest BCUT2D eigenvalue weighted by atomic mass is 9.87. The van der Waals surface area contributed by atoms with Crippen LogP contribution in [0.2, 0.25) is 0 Å². The number of nitrogens with one attached hydrogen (secondary N) is 1.